The van der Waals surface area contributed by atoms with Gasteiger partial charge in [-0.2, -0.15) is 0 Å². The lowest BCUT2D eigenvalue weighted by atomic mass is 10.1. The van der Waals surface area contributed by atoms with Crippen LogP contribution in [0.4, 0.5) is 4.79 Å². The van der Waals surface area contributed by atoms with Crippen LogP contribution in [0.3, 0.4) is 0 Å². The van der Waals surface area contributed by atoms with Crippen LogP contribution in [-0.4, -0.2) is 30.1 Å². The first-order valence-electron chi connectivity index (χ1n) is 8.32. The minimum absolute atomic E-state index is 0.242. The molecule has 0 aliphatic carbocycles. The topological polar surface area (TPSA) is 58.6 Å². The van der Waals surface area contributed by atoms with E-state index in [-0.39, 0.29) is 6.03 Å². The molecule has 0 aromatic carbocycles. The van der Waals surface area contributed by atoms with E-state index in [0.29, 0.717) is 19.5 Å². The molecule has 0 unspecified atom stereocenters. The molecule has 0 saturated heterocycles. The van der Waals surface area contributed by atoms with Crippen LogP contribution in [0, 0.1) is 0 Å². The number of hydrogen-bond donors (Lipinski definition) is 1. The summed E-state index contributed by atoms with van der Waals surface area (Å²) in [4.78, 5) is 28.7. The van der Waals surface area contributed by atoms with Crippen molar-refractivity contribution in [3.63, 3.8) is 0 Å². The van der Waals surface area contributed by atoms with E-state index in [1.54, 1.807) is 27.6 Å². The van der Waals surface area contributed by atoms with Gasteiger partial charge in [0.25, 0.3) is 0 Å². The van der Waals surface area contributed by atoms with Crippen molar-refractivity contribution in [2.45, 2.75) is 45.3 Å². The second-order valence-electron chi connectivity index (χ2n) is 5.68. The van der Waals surface area contributed by atoms with E-state index in [9.17, 15) is 9.59 Å². The number of carbonyl (C=O) groups excluding carboxylic acids is 2. The fraction of sp³-hybridized carbons (Fsp3) is 0.444. The third kappa shape index (κ3) is 6.17. The quantitative estimate of drug-likeness (QED) is 0.662. The maximum atomic E-state index is 12.8. The predicted octanol–water partition coefficient (Wildman–Crippen LogP) is 4.25. The third-order valence-electron chi connectivity index (χ3n) is 3.77. The molecule has 2 aromatic heterocycles. The molecule has 0 radical (unpaired) electrons. The van der Waals surface area contributed by atoms with Crippen molar-refractivity contribution in [2.75, 3.05) is 7.11 Å². The monoisotopic (exact) mass is 380 g/mol. The Morgan fingerprint density at radius 2 is 1.76 bits per heavy atom. The highest BCUT2D eigenvalue weighted by molar-refractivity contribution is 7.10. The van der Waals surface area contributed by atoms with Gasteiger partial charge in [0.2, 0.25) is 0 Å². The SMILES string of the molecule is CCCC[C@H](NC(=O)N(Cc1cccs1)Cc1cccs1)C(=O)OC. The van der Waals surface area contributed by atoms with Gasteiger partial charge < -0.3 is 15.0 Å². The van der Waals surface area contributed by atoms with E-state index in [1.165, 1.54) is 7.11 Å². The molecular weight excluding hydrogens is 356 g/mol. The Morgan fingerprint density at radius 3 is 2.20 bits per heavy atom. The molecule has 1 atom stereocenters. The molecule has 0 aliphatic heterocycles. The van der Waals surface area contributed by atoms with Crippen LogP contribution in [0.5, 0.6) is 0 Å². The molecule has 136 valence electrons. The zero-order valence-electron chi connectivity index (χ0n) is 14.6. The molecule has 1 N–H and O–H groups in total. The molecule has 2 aromatic rings. The van der Waals surface area contributed by atoms with E-state index in [0.717, 1.165) is 22.6 Å². The summed E-state index contributed by atoms with van der Waals surface area (Å²) in [6.45, 7) is 3.09. The van der Waals surface area contributed by atoms with E-state index in [1.807, 2.05) is 35.0 Å². The second kappa shape index (κ2) is 10.2. The summed E-state index contributed by atoms with van der Waals surface area (Å²) in [7, 11) is 1.35. The lowest BCUT2D eigenvalue weighted by Crippen LogP contribution is -2.47. The van der Waals surface area contributed by atoms with Crippen molar-refractivity contribution in [1.82, 2.24) is 10.2 Å². The number of nitrogens with one attached hydrogen (secondary N) is 1. The molecular formula is C18H24N2O3S2. The molecule has 5 nitrogen and oxygen atoms in total. The Hall–Kier alpha value is -1.86. The Bertz CT molecular complexity index is 605. The van der Waals surface area contributed by atoms with Crippen LogP contribution in [0.25, 0.3) is 0 Å². The number of hydrogen-bond acceptors (Lipinski definition) is 5. The Balaban J connectivity index is 2.07. The number of unbranched alkanes of at least 4 members (excludes halogenated alkanes) is 1. The van der Waals surface area contributed by atoms with Gasteiger partial charge in [0.05, 0.1) is 20.2 Å². The van der Waals surface area contributed by atoms with Crippen molar-refractivity contribution in [3.05, 3.63) is 44.8 Å². The van der Waals surface area contributed by atoms with Gasteiger partial charge in [0.1, 0.15) is 6.04 Å². The number of amides is 2. The zero-order chi connectivity index (χ0) is 18.1. The summed E-state index contributed by atoms with van der Waals surface area (Å²) in [6, 6.07) is 7.11. The van der Waals surface area contributed by atoms with Crippen LogP contribution < -0.4 is 5.32 Å². The minimum Gasteiger partial charge on any atom is -0.467 e. The van der Waals surface area contributed by atoms with Crippen LogP contribution in [0.1, 0.15) is 35.9 Å². The second-order valence-corrected chi connectivity index (χ2v) is 7.75. The summed E-state index contributed by atoms with van der Waals surface area (Å²) in [5.74, 6) is -0.394. The van der Waals surface area contributed by atoms with E-state index in [2.05, 4.69) is 12.2 Å². The molecule has 0 spiro atoms. The Morgan fingerprint density at radius 1 is 1.16 bits per heavy atom. The fourth-order valence-corrected chi connectivity index (χ4v) is 3.86. The first kappa shape index (κ1) is 19.5. The number of urea groups is 1. The van der Waals surface area contributed by atoms with Gasteiger partial charge >= 0.3 is 12.0 Å². The molecule has 0 bridgehead atoms. The number of methoxy groups -OCH3 is 1. The number of carbonyl (C=O) groups is 2. The van der Waals surface area contributed by atoms with Gasteiger partial charge in [-0.05, 0) is 29.3 Å². The summed E-state index contributed by atoms with van der Waals surface area (Å²) in [6.07, 6.45) is 2.40. The van der Waals surface area contributed by atoms with E-state index >= 15 is 0 Å². The summed E-state index contributed by atoms with van der Waals surface area (Å²) < 4.78 is 4.83. The Kier molecular flexibility index (Phi) is 7.94. The molecule has 7 heteroatoms. The van der Waals surface area contributed by atoms with Crippen LogP contribution in [-0.2, 0) is 22.6 Å². The summed E-state index contributed by atoms with van der Waals surface area (Å²) in [5.41, 5.74) is 0. The summed E-state index contributed by atoms with van der Waals surface area (Å²) >= 11 is 3.23. The maximum Gasteiger partial charge on any atom is 0.328 e. The first-order chi connectivity index (χ1) is 12.1. The van der Waals surface area contributed by atoms with Gasteiger partial charge in [0, 0.05) is 9.75 Å². The molecule has 0 fully saturated rings. The highest BCUT2D eigenvalue weighted by atomic mass is 32.1. The minimum atomic E-state index is -0.605. The lowest BCUT2D eigenvalue weighted by molar-refractivity contribution is -0.143. The first-order valence-corrected chi connectivity index (χ1v) is 10.1. The third-order valence-corrected chi connectivity index (χ3v) is 5.49. The number of ether oxygens (including phenoxy) is 1. The average Bonchev–Trinajstić information content (AvgIpc) is 3.31. The summed E-state index contributed by atoms with van der Waals surface area (Å²) in [5, 5.41) is 6.84. The smallest absolute Gasteiger partial charge is 0.328 e. The van der Waals surface area contributed by atoms with Crippen molar-refractivity contribution >= 4 is 34.7 Å². The fourth-order valence-electron chi connectivity index (χ4n) is 2.42. The van der Waals surface area contributed by atoms with Gasteiger partial charge in [-0.25, -0.2) is 9.59 Å². The van der Waals surface area contributed by atoms with Crippen LogP contribution in [0.2, 0.25) is 0 Å². The largest absolute Gasteiger partial charge is 0.467 e. The number of nitrogens with zero attached hydrogens (tertiary/aromatic N) is 1. The Labute approximate surface area is 156 Å². The molecule has 2 rings (SSSR count). The predicted molar refractivity (Wildman–Crippen MR) is 102 cm³/mol. The van der Waals surface area contributed by atoms with Crippen molar-refractivity contribution in [1.29, 1.82) is 0 Å². The average molecular weight is 381 g/mol. The molecule has 2 amide bonds. The number of thiophene rings is 2. The van der Waals surface area contributed by atoms with E-state index in [4.69, 9.17) is 4.74 Å². The van der Waals surface area contributed by atoms with E-state index < -0.39 is 12.0 Å². The standard InChI is InChI=1S/C18H24N2O3S2/c1-3-4-9-16(17(21)23-2)19-18(22)20(12-14-7-5-10-24-14)13-15-8-6-11-25-15/h5-8,10-11,16H,3-4,9,12-13H2,1-2H3,(H,19,22)/t16-/m0/s1. The molecule has 25 heavy (non-hydrogen) atoms. The van der Waals surface area contributed by atoms with Gasteiger partial charge in [-0.3, -0.25) is 0 Å². The molecule has 0 aliphatic rings. The zero-order valence-corrected chi connectivity index (χ0v) is 16.2. The van der Waals surface area contributed by atoms with Gasteiger partial charge in [-0.1, -0.05) is 31.9 Å². The lowest BCUT2D eigenvalue weighted by Gasteiger charge is -2.25. The van der Waals surface area contributed by atoms with Crippen molar-refractivity contribution in [3.8, 4) is 0 Å². The normalized spacial score (nSPS) is 11.8. The number of rotatable bonds is 9. The molecule has 2 heterocycles. The van der Waals surface area contributed by atoms with Crippen LogP contribution >= 0.6 is 22.7 Å². The maximum absolute atomic E-state index is 12.8. The highest BCUT2D eigenvalue weighted by Gasteiger charge is 2.24. The highest BCUT2D eigenvalue weighted by Crippen LogP contribution is 2.17. The van der Waals surface area contributed by atoms with Crippen molar-refractivity contribution < 1.29 is 14.3 Å². The number of esters is 1. The van der Waals surface area contributed by atoms with Crippen LogP contribution in [0.15, 0.2) is 35.0 Å². The van der Waals surface area contributed by atoms with Crippen molar-refractivity contribution in [2.24, 2.45) is 0 Å². The van der Waals surface area contributed by atoms with Gasteiger partial charge in [-0.15, -0.1) is 22.7 Å². The molecule has 0 saturated carbocycles. The van der Waals surface area contributed by atoms with Gasteiger partial charge in [0.15, 0.2) is 0 Å².